The van der Waals surface area contributed by atoms with Gasteiger partial charge in [-0.2, -0.15) is 5.10 Å². The van der Waals surface area contributed by atoms with E-state index in [1.54, 1.807) is 6.20 Å². The molecule has 0 amide bonds. The van der Waals surface area contributed by atoms with Crippen LogP contribution in [0.5, 0.6) is 0 Å². The molecular formula is C13H17ClN4. The Labute approximate surface area is 112 Å². The lowest BCUT2D eigenvalue weighted by molar-refractivity contribution is 0.542. The molecule has 0 fully saturated rings. The average molecular weight is 265 g/mol. The zero-order valence-electron chi connectivity index (χ0n) is 10.5. The van der Waals surface area contributed by atoms with Gasteiger partial charge in [0.25, 0.3) is 0 Å². The third kappa shape index (κ3) is 2.41. The fourth-order valence-corrected chi connectivity index (χ4v) is 2.29. The second kappa shape index (κ2) is 5.52. The fraction of sp³-hybridized carbons (Fsp3) is 0.308. The van der Waals surface area contributed by atoms with Crippen molar-refractivity contribution >= 4 is 11.6 Å². The molecule has 0 saturated carbocycles. The van der Waals surface area contributed by atoms with Crippen LogP contribution in [0.3, 0.4) is 0 Å². The summed E-state index contributed by atoms with van der Waals surface area (Å²) in [6, 6.07) is 7.67. The number of benzene rings is 1. The summed E-state index contributed by atoms with van der Waals surface area (Å²) in [5, 5.41) is 4.98. The molecule has 18 heavy (non-hydrogen) atoms. The van der Waals surface area contributed by atoms with Crippen molar-refractivity contribution in [2.24, 2.45) is 5.84 Å². The molecule has 1 aromatic carbocycles. The van der Waals surface area contributed by atoms with E-state index in [1.165, 1.54) is 0 Å². The molecule has 0 radical (unpaired) electrons. The number of hydrazine groups is 1. The van der Waals surface area contributed by atoms with Crippen LogP contribution in [0, 0.1) is 6.92 Å². The zero-order chi connectivity index (χ0) is 13.1. The molecule has 1 unspecified atom stereocenters. The number of halogens is 1. The fourth-order valence-electron chi connectivity index (χ4n) is 2.11. The standard InChI is InChI=1S/C13H17ClN4/c1-3-18-12(6-7-16-18)13(17-15)11-8-10(14)5-4-9(11)2/h4-8,13,17H,3,15H2,1-2H3. The van der Waals surface area contributed by atoms with E-state index in [1.807, 2.05) is 35.9 Å². The van der Waals surface area contributed by atoms with Crippen LogP contribution in [0.2, 0.25) is 5.02 Å². The van der Waals surface area contributed by atoms with Gasteiger partial charge in [0, 0.05) is 17.8 Å². The largest absolute Gasteiger partial charge is 0.271 e. The Hall–Kier alpha value is -1.36. The van der Waals surface area contributed by atoms with Gasteiger partial charge in [0.1, 0.15) is 0 Å². The maximum Gasteiger partial charge on any atom is 0.0881 e. The van der Waals surface area contributed by atoms with Crippen molar-refractivity contribution in [1.29, 1.82) is 0 Å². The average Bonchev–Trinajstić information content (AvgIpc) is 2.83. The van der Waals surface area contributed by atoms with Gasteiger partial charge in [0.05, 0.1) is 11.7 Å². The van der Waals surface area contributed by atoms with Crippen molar-refractivity contribution < 1.29 is 0 Å². The number of aryl methyl sites for hydroxylation is 2. The van der Waals surface area contributed by atoms with Crippen molar-refractivity contribution in [3.63, 3.8) is 0 Å². The minimum atomic E-state index is -0.105. The predicted octanol–water partition coefficient (Wildman–Crippen LogP) is 2.42. The third-order valence-electron chi connectivity index (χ3n) is 3.06. The summed E-state index contributed by atoms with van der Waals surface area (Å²) in [6.07, 6.45) is 1.78. The second-order valence-corrected chi connectivity index (χ2v) is 4.61. The summed E-state index contributed by atoms with van der Waals surface area (Å²) < 4.78 is 1.92. The number of nitrogens with one attached hydrogen (secondary N) is 1. The summed E-state index contributed by atoms with van der Waals surface area (Å²) >= 11 is 6.06. The summed E-state index contributed by atoms with van der Waals surface area (Å²) in [6.45, 7) is 4.90. The quantitative estimate of drug-likeness (QED) is 0.659. The number of nitrogens with two attached hydrogens (primary N) is 1. The Morgan fingerprint density at radius 2 is 2.22 bits per heavy atom. The van der Waals surface area contributed by atoms with Crippen LogP contribution >= 0.6 is 11.6 Å². The topological polar surface area (TPSA) is 55.9 Å². The first kappa shape index (κ1) is 13.1. The molecule has 4 nitrogen and oxygen atoms in total. The lowest BCUT2D eigenvalue weighted by atomic mass is 9.99. The van der Waals surface area contributed by atoms with Crippen LogP contribution in [0.15, 0.2) is 30.5 Å². The van der Waals surface area contributed by atoms with Gasteiger partial charge in [-0.1, -0.05) is 17.7 Å². The summed E-state index contributed by atoms with van der Waals surface area (Å²) in [5.41, 5.74) is 6.09. The van der Waals surface area contributed by atoms with E-state index < -0.39 is 0 Å². The van der Waals surface area contributed by atoms with Gasteiger partial charge in [-0.25, -0.2) is 5.43 Å². The molecular weight excluding hydrogens is 248 g/mol. The smallest absolute Gasteiger partial charge is 0.0881 e. The summed E-state index contributed by atoms with van der Waals surface area (Å²) in [4.78, 5) is 0. The Kier molecular flexibility index (Phi) is 4.01. The highest BCUT2D eigenvalue weighted by Crippen LogP contribution is 2.26. The van der Waals surface area contributed by atoms with Crippen LogP contribution in [-0.4, -0.2) is 9.78 Å². The number of hydrogen-bond donors (Lipinski definition) is 2. The van der Waals surface area contributed by atoms with E-state index in [0.29, 0.717) is 5.02 Å². The third-order valence-corrected chi connectivity index (χ3v) is 3.30. The van der Waals surface area contributed by atoms with Crippen molar-refractivity contribution in [2.45, 2.75) is 26.4 Å². The van der Waals surface area contributed by atoms with Gasteiger partial charge in [-0.05, 0) is 43.2 Å². The first-order valence-electron chi connectivity index (χ1n) is 5.91. The molecule has 1 atom stereocenters. The molecule has 2 aromatic rings. The molecule has 2 rings (SSSR count). The SMILES string of the molecule is CCn1nccc1C(NN)c1cc(Cl)ccc1C. The van der Waals surface area contributed by atoms with Crippen LogP contribution < -0.4 is 11.3 Å². The molecule has 3 N–H and O–H groups in total. The minimum absolute atomic E-state index is 0.105. The lowest BCUT2D eigenvalue weighted by Gasteiger charge is -2.20. The molecule has 1 aromatic heterocycles. The lowest BCUT2D eigenvalue weighted by Crippen LogP contribution is -2.31. The number of aromatic nitrogens is 2. The van der Waals surface area contributed by atoms with Gasteiger partial charge in [-0.15, -0.1) is 0 Å². The Bertz CT molecular complexity index is 536. The number of nitrogens with zero attached hydrogens (tertiary/aromatic N) is 2. The van der Waals surface area contributed by atoms with Crippen LogP contribution in [0.25, 0.3) is 0 Å². The molecule has 96 valence electrons. The van der Waals surface area contributed by atoms with Gasteiger partial charge in [0.15, 0.2) is 0 Å². The maximum atomic E-state index is 6.06. The summed E-state index contributed by atoms with van der Waals surface area (Å²) in [7, 11) is 0. The van der Waals surface area contributed by atoms with E-state index in [-0.39, 0.29) is 6.04 Å². The van der Waals surface area contributed by atoms with Crippen LogP contribution in [-0.2, 0) is 6.54 Å². The molecule has 5 heteroatoms. The Morgan fingerprint density at radius 3 is 2.89 bits per heavy atom. The van der Waals surface area contributed by atoms with Crippen molar-refractivity contribution in [1.82, 2.24) is 15.2 Å². The normalized spacial score (nSPS) is 12.7. The number of hydrogen-bond acceptors (Lipinski definition) is 3. The molecule has 0 aliphatic carbocycles. The molecule has 0 bridgehead atoms. The first-order valence-corrected chi connectivity index (χ1v) is 6.29. The van der Waals surface area contributed by atoms with Crippen molar-refractivity contribution in [3.05, 3.63) is 52.3 Å². The van der Waals surface area contributed by atoms with E-state index in [9.17, 15) is 0 Å². The van der Waals surface area contributed by atoms with Gasteiger partial charge in [0.2, 0.25) is 0 Å². The van der Waals surface area contributed by atoms with Crippen molar-refractivity contribution in [2.75, 3.05) is 0 Å². The Balaban J connectivity index is 2.48. The van der Waals surface area contributed by atoms with E-state index in [2.05, 4.69) is 17.4 Å². The molecule has 1 heterocycles. The zero-order valence-corrected chi connectivity index (χ0v) is 11.3. The van der Waals surface area contributed by atoms with Gasteiger partial charge in [-0.3, -0.25) is 10.5 Å². The molecule has 0 spiro atoms. The maximum absolute atomic E-state index is 6.06. The van der Waals surface area contributed by atoms with Gasteiger partial charge >= 0.3 is 0 Å². The monoisotopic (exact) mass is 264 g/mol. The van der Waals surface area contributed by atoms with Crippen LogP contribution in [0.4, 0.5) is 0 Å². The Morgan fingerprint density at radius 1 is 1.44 bits per heavy atom. The van der Waals surface area contributed by atoms with Gasteiger partial charge < -0.3 is 0 Å². The van der Waals surface area contributed by atoms with Crippen LogP contribution in [0.1, 0.15) is 29.8 Å². The van der Waals surface area contributed by atoms with E-state index in [4.69, 9.17) is 17.4 Å². The highest BCUT2D eigenvalue weighted by atomic mass is 35.5. The first-order chi connectivity index (χ1) is 8.67. The summed E-state index contributed by atoms with van der Waals surface area (Å²) in [5.74, 6) is 5.70. The van der Waals surface area contributed by atoms with E-state index in [0.717, 1.165) is 23.4 Å². The number of rotatable bonds is 4. The highest BCUT2D eigenvalue weighted by molar-refractivity contribution is 6.30. The molecule has 0 saturated heterocycles. The molecule has 0 aliphatic rings. The predicted molar refractivity (Wildman–Crippen MR) is 73.3 cm³/mol. The minimum Gasteiger partial charge on any atom is -0.271 e. The van der Waals surface area contributed by atoms with E-state index >= 15 is 0 Å². The highest BCUT2D eigenvalue weighted by Gasteiger charge is 2.18. The second-order valence-electron chi connectivity index (χ2n) is 4.17. The molecule has 0 aliphatic heterocycles. The van der Waals surface area contributed by atoms with Crippen molar-refractivity contribution in [3.8, 4) is 0 Å².